The number of nitrogens with two attached hydrogens (primary N) is 1. The van der Waals surface area contributed by atoms with Gasteiger partial charge in [0.05, 0.1) is 30.3 Å². The second kappa shape index (κ2) is 5.54. The minimum Gasteiger partial charge on any atom is -0.377 e. The summed E-state index contributed by atoms with van der Waals surface area (Å²) in [5.74, 6) is 0.140. The molecule has 0 bridgehead atoms. The minimum atomic E-state index is -0.390. The minimum absolute atomic E-state index is 0.0413. The van der Waals surface area contributed by atoms with Crippen LogP contribution >= 0.6 is 11.8 Å². The van der Waals surface area contributed by atoms with E-state index < -0.39 is 0 Å². The van der Waals surface area contributed by atoms with Gasteiger partial charge in [0.2, 0.25) is 11.8 Å². The molecule has 92 valence electrons. The Morgan fingerprint density at radius 1 is 1.44 bits per heavy atom. The molecule has 1 fully saturated rings. The molecule has 16 heavy (non-hydrogen) atoms. The first-order chi connectivity index (χ1) is 7.43. The quantitative estimate of drug-likeness (QED) is 0.748. The van der Waals surface area contributed by atoms with Crippen molar-refractivity contribution in [2.75, 3.05) is 31.3 Å². The zero-order valence-electron chi connectivity index (χ0n) is 9.69. The van der Waals surface area contributed by atoms with E-state index in [-0.39, 0.29) is 23.1 Å². The van der Waals surface area contributed by atoms with Crippen LogP contribution in [0.15, 0.2) is 0 Å². The van der Waals surface area contributed by atoms with E-state index in [1.165, 1.54) is 11.8 Å². The van der Waals surface area contributed by atoms with Crippen LogP contribution in [0.5, 0.6) is 0 Å². The molecule has 0 aromatic rings. The molecule has 0 saturated carbocycles. The Kier molecular flexibility index (Phi) is 4.61. The number of morpholine rings is 1. The molecule has 0 radical (unpaired) electrons. The first-order valence-electron chi connectivity index (χ1n) is 5.18. The third-order valence-electron chi connectivity index (χ3n) is 2.42. The average molecular weight is 246 g/mol. The maximum atomic E-state index is 11.9. The first kappa shape index (κ1) is 13.3. The molecular formula is C10H18N2O3S. The van der Waals surface area contributed by atoms with E-state index in [0.717, 1.165) is 0 Å². The summed E-state index contributed by atoms with van der Waals surface area (Å²) in [7, 11) is 0. The maximum absolute atomic E-state index is 11.9. The summed E-state index contributed by atoms with van der Waals surface area (Å²) in [5, 5.41) is 0. The van der Waals surface area contributed by atoms with Gasteiger partial charge >= 0.3 is 0 Å². The van der Waals surface area contributed by atoms with Crippen LogP contribution in [-0.4, -0.2) is 53.5 Å². The first-order valence-corrected chi connectivity index (χ1v) is 6.33. The highest BCUT2D eigenvalue weighted by atomic mass is 32.2. The predicted molar refractivity (Wildman–Crippen MR) is 63.1 cm³/mol. The zero-order chi connectivity index (χ0) is 12.2. The number of ether oxygens (including phenoxy) is 1. The summed E-state index contributed by atoms with van der Waals surface area (Å²) in [6.45, 7) is 5.70. The van der Waals surface area contributed by atoms with Crippen molar-refractivity contribution in [3.8, 4) is 0 Å². The van der Waals surface area contributed by atoms with E-state index >= 15 is 0 Å². The fraction of sp³-hybridized carbons (Fsp3) is 0.800. The van der Waals surface area contributed by atoms with Crippen molar-refractivity contribution in [1.29, 1.82) is 0 Å². The molecule has 1 heterocycles. The molecule has 1 aliphatic heterocycles. The molecule has 0 atom stereocenters. The van der Waals surface area contributed by atoms with Crippen molar-refractivity contribution in [1.82, 2.24) is 4.90 Å². The van der Waals surface area contributed by atoms with Gasteiger partial charge in [0.25, 0.3) is 0 Å². The number of thioether (sulfide) groups is 1. The van der Waals surface area contributed by atoms with E-state index in [9.17, 15) is 9.59 Å². The van der Waals surface area contributed by atoms with Crippen molar-refractivity contribution < 1.29 is 14.3 Å². The molecule has 0 aliphatic carbocycles. The van der Waals surface area contributed by atoms with Gasteiger partial charge in [-0.05, 0) is 13.8 Å². The fourth-order valence-electron chi connectivity index (χ4n) is 1.64. The van der Waals surface area contributed by atoms with Gasteiger partial charge in [-0.1, -0.05) is 0 Å². The van der Waals surface area contributed by atoms with Gasteiger partial charge in [-0.3, -0.25) is 9.59 Å². The average Bonchev–Trinajstić information content (AvgIpc) is 2.16. The second-order valence-corrected chi connectivity index (χ2v) is 5.36. The molecule has 1 saturated heterocycles. The third-order valence-corrected chi connectivity index (χ3v) is 3.36. The largest absolute Gasteiger partial charge is 0.377 e. The Bertz CT molecular complexity index is 281. The van der Waals surface area contributed by atoms with Gasteiger partial charge in [-0.15, -0.1) is 11.8 Å². The molecule has 2 amide bonds. The van der Waals surface area contributed by atoms with Gasteiger partial charge in [0.1, 0.15) is 0 Å². The number of carbonyl (C=O) groups excluding carboxylic acids is 2. The summed E-state index contributed by atoms with van der Waals surface area (Å²) in [4.78, 5) is 24.2. The maximum Gasteiger partial charge on any atom is 0.233 e. The van der Waals surface area contributed by atoms with Crippen molar-refractivity contribution in [2.45, 2.75) is 19.4 Å². The Morgan fingerprint density at radius 3 is 2.69 bits per heavy atom. The second-order valence-electron chi connectivity index (χ2n) is 4.37. The Labute approximate surface area is 99.7 Å². The van der Waals surface area contributed by atoms with Crippen LogP contribution in [-0.2, 0) is 14.3 Å². The SMILES string of the molecule is CC1(C)COCCN1C(=O)CSCC(N)=O. The van der Waals surface area contributed by atoms with Gasteiger partial charge in [0.15, 0.2) is 0 Å². The smallest absolute Gasteiger partial charge is 0.233 e. The standard InChI is InChI=1S/C10H18N2O3S/c1-10(2)7-15-4-3-12(10)9(14)6-16-5-8(11)13/h3-7H2,1-2H3,(H2,11,13). The van der Waals surface area contributed by atoms with E-state index in [1.807, 2.05) is 18.7 Å². The van der Waals surface area contributed by atoms with Crippen LogP contribution in [0.1, 0.15) is 13.8 Å². The van der Waals surface area contributed by atoms with Crippen LogP contribution in [0.4, 0.5) is 0 Å². The molecule has 0 spiro atoms. The molecule has 5 nitrogen and oxygen atoms in total. The fourth-order valence-corrected chi connectivity index (χ4v) is 2.27. The van der Waals surface area contributed by atoms with Crippen molar-refractivity contribution >= 4 is 23.6 Å². The number of rotatable bonds is 4. The van der Waals surface area contributed by atoms with Crippen molar-refractivity contribution in [2.24, 2.45) is 5.73 Å². The highest BCUT2D eigenvalue weighted by molar-refractivity contribution is 8.00. The van der Waals surface area contributed by atoms with Gasteiger partial charge in [-0.25, -0.2) is 0 Å². The van der Waals surface area contributed by atoms with Crippen molar-refractivity contribution in [3.05, 3.63) is 0 Å². The number of hydrogen-bond donors (Lipinski definition) is 1. The lowest BCUT2D eigenvalue weighted by Gasteiger charge is -2.42. The highest BCUT2D eigenvalue weighted by Crippen LogP contribution is 2.20. The lowest BCUT2D eigenvalue weighted by molar-refractivity contribution is -0.143. The number of amides is 2. The summed E-state index contributed by atoms with van der Waals surface area (Å²) < 4.78 is 5.33. The van der Waals surface area contributed by atoms with Crippen LogP contribution in [0, 0.1) is 0 Å². The van der Waals surface area contributed by atoms with E-state index in [0.29, 0.717) is 25.5 Å². The normalized spacial score (nSPS) is 19.5. The Hall–Kier alpha value is -0.750. The molecule has 1 rings (SSSR count). The molecular weight excluding hydrogens is 228 g/mol. The van der Waals surface area contributed by atoms with E-state index in [1.54, 1.807) is 0 Å². The van der Waals surface area contributed by atoms with Crippen molar-refractivity contribution in [3.63, 3.8) is 0 Å². The number of carbonyl (C=O) groups is 2. The predicted octanol–water partition coefficient (Wildman–Crippen LogP) is -0.158. The number of nitrogens with zero attached hydrogens (tertiary/aromatic N) is 1. The van der Waals surface area contributed by atoms with Gasteiger partial charge in [-0.2, -0.15) is 0 Å². The highest BCUT2D eigenvalue weighted by Gasteiger charge is 2.33. The third kappa shape index (κ3) is 3.68. The monoisotopic (exact) mass is 246 g/mol. The molecule has 6 heteroatoms. The number of primary amides is 1. The molecule has 1 aliphatic rings. The topological polar surface area (TPSA) is 72.6 Å². The lowest BCUT2D eigenvalue weighted by atomic mass is 10.0. The summed E-state index contributed by atoms with van der Waals surface area (Å²) in [6.07, 6.45) is 0. The van der Waals surface area contributed by atoms with Crippen LogP contribution in [0.25, 0.3) is 0 Å². The lowest BCUT2D eigenvalue weighted by Crippen LogP contribution is -2.56. The Morgan fingerprint density at radius 2 is 2.12 bits per heavy atom. The van der Waals surface area contributed by atoms with Crippen LogP contribution in [0.2, 0.25) is 0 Å². The molecule has 0 aromatic heterocycles. The Balaban J connectivity index is 2.42. The molecule has 0 unspecified atom stereocenters. The summed E-state index contributed by atoms with van der Waals surface area (Å²) >= 11 is 1.26. The van der Waals surface area contributed by atoms with Gasteiger partial charge in [0, 0.05) is 6.54 Å². The summed E-state index contributed by atoms with van der Waals surface area (Å²) in [5.41, 5.74) is 4.74. The zero-order valence-corrected chi connectivity index (χ0v) is 10.5. The van der Waals surface area contributed by atoms with Crippen LogP contribution in [0.3, 0.4) is 0 Å². The molecule has 0 aromatic carbocycles. The summed E-state index contributed by atoms with van der Waals surface area (Å²) in [6, 6.07) is 0. The van der Waals surface area contributed by atoms with Crippen LogP contribution < -0.4 is 5.73 Å². The van der Waals surface area contributed by atoms with E-state index in [2.05, 4.69) is 0 Å². The van der Waals surface area contributed by atoms with Gasteiger partial charge < -0.3 is 15.4 Å². The molecule has 2 N–H and O–H groups in total. The van der Waals surface area contributed by atoms with E-state index in [4.69, 9.17) is 10.5 Å². The number of hydrogen-bond acceptors (Lipinski definition) is 4.